The third-order valence-corrected chi connectivity index (χ3v) is 6.20. The fraction of sp³-hybridized carbons (Fsp3) is 0.423. The number of carbonyl (C=O) groups is 1. The van der Waals surface area contributed by atoms with Crippen molar-refractivity contribution in [3.63, 3.8) is 0 Å². The second-order valence-corrected chi connectivity index (χ2v) is 8.90. The molecule has 2 unspecified atom stereocenters. The maximum atomic E-state index is 13.0. The molecule has 2 aromatic rings. The lowest BCUT2D eigenvalue weighted by Gasteiger charge is -2.30. The molecule has 1 heterocycles. The van der Waals surface area contributed by atoms with Crippen molar-refractivity contribution in [2.75, 3.05) is 13.7 Å². The zero-order valence-corrected chi connectivity index (χ0v) is 19.5. The average molecular weight is 457 g/mol. The van der Waals surface area contributed by atoms with E-state index in [-0.39, 0.29) is 59.2 Å². The Hall–Kier alpha value is -3.19. The van der Waals surface area contributed by atoms with Crippen molar-refractivity contribution in [3.05, 3.63) is 52.6 Å². The molecule has 0 saturated carbocycles. The molecule has 0 amide bonds. The van der Waals surface area contributed by atoms with Gasteiger partial charge < -0.3 is 29.9 Å². The zero-order valence-electron chi connectivity index (χ0n) is 19.5. The van der Waals surface area contributed by atoms with Crippen LogP contribution in [0.25, 0.3) is 0 Å². The number of ether oxygens (including phenoxy) is 2. The van der Waals surface area contributed by atoms with Crippen LogP contribution in [0.1, 0.15) is 61.2 Å². The van der Waals surface area contributed by atoms with Crippen LogP contribution in [0.15, 0.2) is 35.9 Å². The van der Waals surface area contributed by atoms with Crippen LogP contribution in [-0.2, 0) is 6.42 Å². The molecule has 0 aromatic heterocycles. The number of ketones is 1. The molecule has 2 aromatic carbocycles. The SMILES string of the molecule is COc1cc(O)ccc1[C@@H]1CC(=O)c2c(O)cc(O)c(CC(CC=C(C)C)C(C)CO)c2O1. The lowest BCUT2D eigenvalue weighted by molar-refractivity contribution is 0.0837. The Morgan fingerprint density at radius 1 is 1.21 bits per heavy atom. The number of fused-ring (bicyclic) bond motifs is 1. The van der Waals surface area contributed by atoms with Crippen LogP contribution < -0.4 is 9.47 Å². The number of aliphatic hydroxyl groups is 1. The number of aliphatic hydroxyl groups excluding tert-OH is 1. The first-order valence-electron chi connectivity index (χ1n) is 11.0. The van der Waals surface area contributed by atoms with Crippen molar-refractivity contribution in [1.82, 2.24) is 0 Å². The molecule has 1 aliphatic heterocycles. The minimum Gasteiger partial charge on any atom is -0.508 e. The molecule has 0 fully saturated rings. The van der Waals surface area contributed by atoms with E-state index in [1.54, 1.807) is 6.07 Å². The van der Waals surface area contributed by atoms with E-state index in [1.807, 2.05) is 20.8 Å². The van der Waals surface area contributed by atoms with Crippen molar-refractivity contribution < 1.29 is 34.7 Å². The number of rotatable bonds is 8. The average Bonchev–Trinajstić information content (AvgIpc) is 2.77. The van der Waals surface area contributed by atoms with Crippen molar-refractivity contribution in [2.45, 2.75) is 46.1 Å². The Balaban J connectivity index is 2.06. The van der Waals surface area contributed by atoms with Crippen molar-refractivity contribution in [2.24, 2.45) is 11.8 Å². The summed E-state index contributed by atoms with van der Waals surface area (Å²) < 4.78 is 11.6. The van der Waals surface area contributed by atoms with Crippen LogP contribution >= 0.6 is 0 Å². The number of allylic oxidation sites excluding steroid dienone is 2. The quantitative estimate of drug-likeness (QED) is 0.427. The van der Waals surface area contributed by atoms with E-state index in [0.29, 0.717) is 29.7 Å². The molecular formula is C26H32O7. The van der Waals surface area contributed by atoms with Gasteiger partial charge in [-0.05, 0) is 50.7 Å². The van der Waals surface area contributed by atoms with E-state index < -0.39 is 6.10 Å². The van der Waals surface area contributed by atoms with Crippen molar-refractivity contribution >= 4 is 5.78 Å². The van der Waals surface area contributed by atoms with Gasteiger partial charge in [-0.3, -0.25) is 4.79 Å². The molecule has 0 spiro atoms. The van der Waals surface area contributed by atoms with E-state index in [2.05, 4.69) is 6.08 Å². The van der Waals surface area contributed by atoms with Gasteiger partial charge in [-0.2, -0.15) is 0 Å². The Labute approximate surface area is 193 Å². The number of benzene rings is 2. The minimum atomic E-state index is -0.716. The summed E-state index contributed by atoms with van der Waals surface area (Å²) in [5.41, 5.74) is 2.20. The first kappa shape index (κ1) is 24.5. The first-order valence-corrected chi connectivity index (χ1v) is 11.0. The topological polar surface area (TPSA) is 116 Å². The Kier molecular flexibility index (Phi) is 7.53. The lowest BCUT2D eigenvalue weighted by Crippen LogP contribution is -2.24. The zero-order chi connectivity index (χ0) is 24.3. The highest BCUT2D eigenvalue weighted by atomic mass is 16.5. The van der Waals surface area contributed by atoms with Gasteiger partial charge in [0, 0.05) is 29.9 Å². The van der Waals surface area contributed by atoms with E-state index in [9.17, 15) is 25.2 Å². The Morgan fingerprint density at radius 3 is 2.58 bits per heavy atom. The predicted octanol–water partition coefficient (Wildman–Crippen LogP) is 4.66. The van der Waals surface area contributed by atoms with Gasteiger partial charge in [0.1, 0.15) is 40.4 Å². The largest absolute Gasteiger partial charge is 0.508 e. The molecule has 33 heavy (non-hydrogen) atoms. The predicted molar refractivity (Wildman–Crippen MR) is 124 cm³/mol. The molecule has 3 atom stereocenters. The van der Waals surface area contributed by atoms with Gasteiger partial charge >= 0.3 is 0 Å². The molecule has 1 aliphatic rings. The second-order valence-electron chi connectivity index (χ2n) is 8.90. The van der Waals surface area contributed by atoms with E-state index in [1.165, 1.54) is 25.3 Å². The van der Waals surface area contributed by atoms with Gasteiger partial charge in [0.05, 0.1) is 13.5 Å². The third kappa shape index (κ3) is 5.25. The van der Waals surface area contributed by atoms with E-state index in [0.717, 1.165) is 5.57 Å². The summed E-state index contributed by atoms with van der Waals surface area (Å²) in [6, 6.07) is 5.74. The maximum absolute atomic E-state index is 13.0. The highest BCUT2D eigenvalue weighted by molar-refractivity contribution is 6.03. The minimum absolute atomic E-state index is 0.0184. The molecular weight excluding hydrogens is 424 g/mol. The number of aromatic hydroxyl groups is 3. The van der Waals surface area contributed by atoms with E-state index >= 15 is 0 Å². The summed E-state index contributed by atoms with van der Waals surface area (Å²) in [5.74, 6) is -0.342. The number of Topliss-reactive ketones (excluding diaryl/α,β-unsaturated/α-hetero) is 1. The lowest BCUT2D eigenvalue weighted by atomic mass is 9.83. The summed E-state index contributed by atoms with van der Waals surface area (Å²) in [6.07, 6.45) is 2.37. The number of hydrogen-bond acceptors (Lipinski definition) is 7. The van der Waals surface area contributed by atoms with Crippen LogP contribution in [0.5, 0.6) is 28.7 Å². The van der Waals surface area contributed by atoms with Crippen molar-refractivity contribution in [3.8, 4) is 28.7 Å². The third-order valence-electron chi connectivity index (χ3n) is 6.20. The second kappa shape index (κ2) is 10.2. The molecule has 3 rings (SSSR count). The van der Waals surface area contributed by atoms with Crippen LogP contribution in [0, 0.1) is 11.8 Å². The van der Waals surface area contributed by atoms with Crippen LogP contribution in [-0.4, -0.2) is 39.9 Å². The summed E-state index contributed by atoms with van der Waals surface area (Å²) in [6.45, 7) is 5.91. The van der Waals surface area contributed by atoms with E-state index in [4.69, 9.17) is 9.47 Å². The van der Waals surface area contributed by atoms with Crippen LogP contribution in [0.4, 0.5) is 0 Å². The molecule has 7 nitrogen and oxygen atoms in total. The molecule has 0 radical (unpaired) electrons. The smallest absolute Gasteiger partial charge is 0.174 e. The van der Waals surface area contributed by atoms with Gasteiger partial charge in [-0.15, -0.1) is 0 Å². The normalized spacial score (nSPS) is 17.0. The highest BCUT2D eigenvalue weighted by Gasteiger charge is 2.35. The number of hydrogen-bond donors (Lipinski definition) is 4. The van der Waals surface area contributed by atoms with Gasteiger partial charge in [0.15, 0.2) is 5.78 Å². The highest BCUT2D eigenvalue weighted by Crippen LogP contribution is 2.47. The number of phenolic OH excluding ortho intramolecular Hbond substituents is 3. The van der Waals surface area contributed by atoms with Crippen LogP contribution in [0.2, 0.25) is 0 Å². The van der Waals surface area contributed by atoms with Gasteiger partial charge in [0.25, 0.3) is 0 Å². The fourth-order valence-corrected chi connectivity index (χ4v) is 4.18. The summed E-state index contributed by atoms with van der Waals surface area (Å²) in [4.78, 5) is 13.0. The summed E-state index contributed by atoms with van der Waals surface area (Å²) >= 11 is 0. The van der Waals surface area contributed by atoms with Crippen molar-refractivity contribution in [1.29, 1.82) is 0 Å². The Bertz CT molecular complexity index is 1050. The number of phenols is 3. The first-order chi connectivity index (χ1) is 15.7. The molecule has 178 valence electrons. The van der Waals surface area contributed by atoms with Gasteiger partial charge in [0.2, 0.25) is 0 Å². The van der Waals surface area contributed by atoms with Gasteiger partial charge in [-0.1, -0.05) is 18.6 Å². The fourth-order valence-electron chi connectivity index (χ4n) is 4.18. The van der Waals surface area contributed by atoms with Gasteiger partial charge in [-0.25, -0.2) is 0 Å². The molecule has 4 N–H and O–H groups in total. The number of carbonyl (C=O) groups excluding carboxylic acids is 1. The number of methoxy groups -OCH3 is 1. The summed E-state index contributed by atoms with van der Waals surface area (Å²) in [5, 5.41) is 40.7. The molecule has 0 bridgehead atoms. The van der Waals surface area contributed by atoms with Crippen LogP contribution in [0.3, 0.4) is 0 Å². The summed E-state index contributed by atoms with van der Waals surface area (Å²) in [7, 11) is 1.46. The monoisotopic (exact) mass is 456 g/mol. The maximum Gasteiger partial charge on any atom is 0.174 e. The Morgan fingerprint density at radius 2 is 1.94 bits per heavy atom. The standard InChI is InChI=1S/C26H32O7/c1-14(2)5-6-16(15(3)13-27)9-19-20(29)11-21(30)25-22(31)12-24(33-26(19)25)18-8-7-17(28)10-23(18)32-4/h5,7-8,10-11,15-16,24,27-30H,6,9,12-13H2,1-4H3/t15?,16?,24-/m0/s1. The molecule has 0 saturated heterocycles. The molecule has 0 aliphatic carbocycles. The molecule has 7 heteroatoms.